The van der Waals surface area contributed by atoms with Crippen molar-refractivity contribution in [3.8, 4) is 5.75 Å². The highest BCUT2D eigenvalue weighted by molar-refractivity contribution is 8.93. The summed E-state index contributed by atoms with van der Waals surface area (Å²) >= 11 is 6.55. The van der Waals surface area contributed by atoms with E-state index in [2.05, 4.69) is 30.1 Å². The summed E-state index contributed by atoms with van der Waals surface area (Å²) in [5, 5.41) is 0.590. The van der Waals surface area contributed by atoms with Gasteiger partial charge in [0.2, 0.25) is 5.91 Å². The van der Waals surface area contributed by atoms with Crippen LogP contribution < -0.4 is 9.64 Å². The Balaban J connectivity index is 0.00000588. The Morgan fingerprint density at radius 2 is 1.41 bits per heavy atom. The third-order valence-electron chi connectivity index (χ3n) is 7.35. The quantitative estimate of drug-likeness (QED) is 0.122. The van der Waals surface area contributed by atoms with Gasteiger partial charge >= 0.3 is 0 Å². The highest BCUT2D eigenvalue weighted by Crippen LogP contribution is 2.28. The summed E-state index contributed by atoms with van der Waals surface area (Å²) in [7, 11) is 0. The van der Waals surface area contributed by atoms with E-state index in [4.69, 9.17) is 16.3 Å². The van der Waals surface area contributed by atoms with Crippen LogP contribution in [0.25, 0.3) is 0 Å². The van der Waals surface area contributed by atoms with Crippen LogP contribution in [0.1, 0.15) is 108 Å². The molecule has 0 radical (unpaired) electrons. The average Bonchev–Trinajstić information content (AvgIpc) is 2.96. The summed E-state index contributed by atoms with van der Waals surface area (Å²) in [6.45, 7) is 5.00. The average molecular weight is 644 g/mol. The van der Waals surface area contributed by atoms with Crippen molar-refractivity contribution in [2.75, 3.05) is 11.5 Å². The van der Waals surface area contributed by atoms with Crippen molar-refractivity contribution in [3.63, 3.8) is 0 Å². The lowest BCUT2D eigenvalue weighted by Crippen LogP contribution is -2.27. The van der Waals surface area contributed by atoms with Gasteiger partial charge in [0.15, 0.2) is 0 Å². The zero-order valence-corrected chi connectivity index (χ0v) is 27.4. The van der Waals surface area contributed by atoms with Crippen LogP contribution in [0.2, 0.25) is 5.02 Å². The zero-order valence-electron chi connectivity index (χ0n) is 25.0. The lowest BCUT2D eigenvalue weighted by Gasteiger charge is -2.22. The molecule has 224 valence electrons. The normalized spacial score (nSPS) is 10.7. The second-order valence-electron chi connectivity index (χ2n) is 10.8. The molecule has 0 unspecified atom stereocenters. The molecule has 0 aliphatic heterocycles. The van der Waals surface area contributed by atoms with Gasteiger partial charge in [0.05, 0.1) is 18.2 Å². The topological polar surface area (TPSA) is 42.4 Å². The summed E-state index contributed by atoms with van der Waals surface area (Å²) in [4.78, 5) is 18.4. The Hall–Kier alpha value is -2.37. The van der Waals surface area contributed by atoms with Crippen LogP contribution in [-0.4, -0.2) is 17.5 Å². The van der Waals surface area contributed by atoms with E-state index >= 15 is 0 Å². The minimum atomic E-state index is -0.0107. The SMILES string of the molecule is Br.CCCCCCCCCCCCCCOc1ccc(CN(C(C)=O)c2ccc(Cc3cccnc3)cc2)cc1Cl. The van der Waals surface area contributed by atoms with Crippen molar-refractivity contribution in [2.24, 2.45) is 0 Å². The molecule has 0 saturated carbocycles. The van der Waals surface area contributed by atoms with Gasteiger partial charge in [0, 0.05) is 25.0 Å². The van der Waals surface area contributed by atoms with Crippen molar-refractivity contribution >= 4 is 40.2 Å². The van der Waals surface area contributed by atoms with Gasteiger partial charge in [0.1, 0.15) is 5.75 Å². The molecule has 1 heterocycles. The molecule has 0 fully saturated rings. The molecule has 4 nitrogen and oxygen atoms in total. The van der Waals surface area contributed by atoms with E-state index in [1.807, 2.05) is 42.6 Å². The first kappa shape index (κ1) is 34.8. The number of ether oxygens (including phenoxy) is 1. The molecular weight excluding hydrogens is 596 g/mol. The number of rotatable bonds is 19. The maximum absolute atomic E-state index is 12.5. The minimum Gasteiger partial charge on any atom is -0.492 e. The summed E-state index contributed by atoms with van der Waals surface area (Å²) in [6.07, 6.45) is 20.4. The van der Waals surface area contributed by atoms with Gasteiger partial charge < -0.3 is 9.64 Å². The molecule has 0 spiro atoms. The van der Waals surface area contributed by atoms with E-state index in [0.29, 0.717) is 23.9 Å². The van der Waals surface area contributed by atoms with Gasteiger partial charge in [0.25, 0.3) is 0 Å². The largest absolute Gasteiger partial charge is 0.492 e. The fourth-order valence-electron chi connectivity index (χ4n) is 4.98. The Labute approximate surface area is 263 Å². The van der Waals surface area contributed by atoms with Crippen LogP contribution in [-0.2, 0) is 17.8 Å². The molecule has 41 heavy (non-hydrogen) atoms. The van der Waals surface area contributed by atoms with E-state index in [-0.39, 0.29) is 22.9 Å². The monoisotopic (exact) mass is 642 g/mol. The van der Waals surface area contributed by atoms with Gasteiger partial charge in [-0.25, -0.2) is 0 Å². The summed E-state index contributed by atoms with van der Waals surface area (Å²) in [5.41, 5.74) is 4.18. The molecule has 0 N–H and O–H groups in total. The van der Waals surface area contributed by atoms with Gasteiger partial charge in [-0.15, -0.1) is 17.0 Å². The number of hydrogen-bond acceptors (Lipinski definition) is 3. The summed E-state index contributed by atoms with van der Waals surface area (Å²) in [6, 6.07) is 18.0. The second kappa shape index (κ2) is 20.5. The van der Waals surface area contributed by atoms with Crippen molar-refractivity contribution in [2.45, 2.75) is 104 Å². The third-order valence-corrected chi connectivity index (χ3v) is 7.65. The molecular formula is C35H48BrClN2O2. The Morgan fingerprint density at radius 1 is 0.805 bits per heavy atom. The number of unbranched alkanes of at least 4 members (excludes halogenated alkanes) is 11. The summed E-state index contributed by atoms with van der Waals surface area (Å²) < 4.78 is 5.97. The van der Waals surface area contributed by atoms with Crippen molar-refractivity contribution < 1.29 is 9.53 Å². The first-order valence-corrected chi connectivity index (χ1v) is 15.6. The van der Waals surface area contributed by atoms with Gasteiger partial charge in [-0.3, -0.25) is 9.78 Å². The number of nitrogens with zero attached hydrogens (tertiary/aromatic N) is 2. The van der Waals surface area contributed by atoms with Crippen molar-refractivity contribution in [1.29, 1.82) is 0 Å². The van der Waals surface area contributed by atoms with E-state index < -0.39 is 0 Å². The molecule has 0 bridgehead atoms. The lowest BCUT2D eigenvalue weighted by atomic mass is 10.1. The third kappa shape index (κ3) is 13.4. The van der Waals surface area contributed by atoms with Crippen LogP contribution in [0.3, 0.4) is 0 Å². The molecule has 1 amide bonds. The lowest BCUT2D eigenvalue weighted by molar-refractivity contribution is -0.116. The summed E-state index contributed by atoms with van der Waals surface area (Å²) in [5.74, 6) is 0.700. The maximum atomic E-state index is 12.5. The van der Waals surface area contributed by atoms with Crippen LogP contribution in [0.15, 0.2) is 67.0 Å². The first-order chi connectivity index (χ1) is 19.6. The number of halogens is 2. The highest BCUT2D eigenvalue weighted by Gasteiger charge is 2.14. The van der Waals surface area contributed by atoms with E-state index in [1.54, 1.807) is 18.0 Å². The second-order valence-corrected chi connectivity index (χ2v) is 11.2. The Bertz CT molecular complexity index is 1120. The van der Waals surface area contributed by atoms with E-state index in [0.717, 1.165) is 29.7 Å². The molecule has 0 atom stereocenters. The molecule has 0 aliphatic carbocycles. The molecule has 3 aromatic rings. The molecule has 1 aromatic heterocycles. The Morgan fingerprint density at radius 3 is 1.98 bits per heavy atom. The Kier molecular flexibility index (Phi) is 17.4. The number of aromatic nitrogens is 1. The number of pyridine rings is 1. The highest BCUT2D eigenvalue weighted by atomic mass is 79.9. The number of anilines is 1. The zero-order chi connectivity index (χ0) is 28.4. The molecule has 6 heteroatoms. The van der Waals surface area contributed by atoms with Crippen LogP contribution in [0.5, 0.6) is 5.75 Å². The first-order valence-electron chi connectivity index (χ1n) is 15.2. The predicted molar refractivity (Wildman–Crippen MR) is 179 cm³/mol. The number of carbonyl (C=O) groups is 1. The van der Waals surface area contributed by atoms with Crippen molar-refractivity contribution in [1.82, 2.24) is 4.98 Å². The van der Waals surface area contributed by atoms with Crippen LogP contribution >= 0.6 is 28.6 Å². The maximum Gasteiger partial charge on any atom is 0.224 e. The standard InChI is InChI=1S/C35H47ClN2O2.BrH/c1-3-4-5-6-7-8-9-10-11-12-13-14-24-40-35-22-19-32(26-34(35)36)28-38(29(2)39)33-20-17-30(18-21-33)25-31-16-15-23-37-27-31;/h15-23,26-27H,3-14,24-25,28H2,1-2H3;1H. The number of amides is 1. The van der Waals surface area contributed by atoms with Gasteiger partial charge in [-0.1, -0.05) is 113 Å². The van der Waals surface area contributed by atoms with Gasteiger partial charge in [-0.05, 0) is 59.9 Å². The molecule has 3 rings (SSSR count). The van der Waals surface area contributed by atoms with E-state index in [9.17, 15) is 4.79 Å². The van der Waals surface area contributed by atoms with Crippen LogP contribution in [0, 0.1) is 0 Å². The smallest absolute Gasteiger partial charge is 0.224 e. The fraction of sp³-hybridized carbons (Fsp3) is 0.486. The fourth-order valence-corrected chi connectivity index (χ4v) is 5.24. The van der Waals surface area contributed by atoms with Crippen LogP contribution in [0.4, 0.5) is 5.69 Å². The number of benzene rings is 2. The molecule has 0 saturated heterocycles. The molecule has 2 aromatic carbocycles. The van der Waals surface area contributed by atoms with E-state index in [1.165, 1.54) is 76.2 Å². The van der Waals surface area contributed by atoms with Crippen molar-refractivity contribution in [3.05, 3.63) is 88.7 Å². The minimum absolute atomic E-state index is 0. The number of hydrogen-bond donors (Lipinski definition) is 0. The van der Waals surface area contributed by atoms with Gasteiger partial charge in [-0.2, -0.15) is 0 Å². The number of carbonyl (C=O) groups excluding carboxylic acids is 1. The predicted octanol–water partition coefficient (Wildman–Crippen LogP) is 10.5. The molecule has 0 aliphatic rings.